The molecule has 0 aliphatic rings. The van der Waals surface area contributed by atoms with E-state index in [1.807, 2.05) is 13.0 Å². The van der Waals surface area contributed by atoms with E-state index in [1.165, 1.54) is 42.3 Å². The number of methoxy groups -OCH3 is 1. The molecule has 1 amide bonds. The number of aromatic nitrogens is 3. The molecule has 0 saturated carbocycles. The molecule has 152 valence electrons. The SMILES string of the molecule is COc1ccc(C)cc1NC(=O)c1c(O)c2cnn(-c3ccc(F)cc3)c2[nH]c1=O. The van der Waals surface area contributed by atoms with E-state index in [1.54, 1.807) is 12.1 Å². The molecule has 4 aromatic rings. The van der Waals surface area contributed by atoms with E-state index in [-0.39, 0.29) is 11.0 Å². The third-order valence-electron chi connectivity index (χ3n) is 4.62. The van der Waals surface area contributed by atoms with Gasteiger partial charge in [0.2, 0.25) is 0 Å². The minimum Gasteiger partial charge on any atom is -0.506 e. The number of fused-ring (bicyclic) bond motifs is 1. The Balaban J connectivity index is 1.77. The molecule has 0 aliphatic carbocycles. The Labute approximate surface area is 169 Å². The number of carbonyl (C=O) groups is 1. The van der Waals surface area contributed by atoms with Crippen molar-refractivity contribution in [2.45, 2.75) is 6.92 Å². The van der Waals surface area contributed by atoms with E-state index in [0.717, 1.165) is 5.56 Å². The van der Waals surface area contributed by atoms with E-state index in [9.17, 15) is 19.1 Å². The van der Waals surface area contributed by atoms with Crippen molar-refractivity contribution in [1.29, 1.82) is 0 Å². The molecular weight excluding hydrogens is 391 g/mol. The van der Waals surface area contributed by atoms with Gasteiger partial charge in [0.15, 0.2) is 0 Å². The molecule has 2 aromatic heterocycles. The molecule has 8 nitrogen and oxygen atoms in total. The molecule has 2 aromatic carbocycles. The standard InChI is InChI=1S/C21H17FN4O4/c1-11-3-8-16(30-2)15(9-11)24-20(28)17-18(27)14-10-23-26(19(14)25-21(17)29)13-6-4-12(22)5-7-13/h3-10H,1-2H3,(H,24,28)(H2,25,27,29). The van der Waals surface area contributed by atoms with E-state index in [4.69, 9.17) is 4.74 Å². The second-order valence-corrected chi connectivity index (χ2v) is 6.63. The summed E-state index contributed by atoms with van der Waals surface area (Å²) in [4.78, 5) is 28.0. The van der Waals surface area contributed by atoms with Crippen LogP contribution in [0, 0.1) is 12.7 Å². The van der Waals surface area contributed by atoms with Crippen LogP contribution in [-0.2, 0) is 0 Å². The van der Waals surface area contributed by atoms with Crippen LogP contribution in [0.1, 0.15) is 15.9 Å². The van der Waals surface area contributed by atoms with Gasteiger partial charge in [0, 0.05) is 0 Å². The summed E-state index contributed by atoms with van der Waals surface area (Å²) in [6.07, 6.45) is 1.31. The van der Waals surface area contributed by atoms with Gasteiger partial charge >= 0.3 is 0 Å². The van der Waals surface area contributed by atoms with Gasteiger partial charge in [-0.25, -0.2) is 9.07 Å². The number of anilines is 1. The number of rotatable bonds is 4. The highest BCUT2D eigenvalue weighted by Crippen LogP contribution is 2.29. The number of nitrogens with one attached hydrogen (secondary N) is 2. The fourth-order valence-corrected chi connectivity index (χ4v) is 3.15. The number of nitrogens with zero attached hydrogens (tertiary/aromatic N) is 2. The van der Waals surface area contributed by atoms with Crippen LogP contribution in [0.25, 0.3) is 16.7 Å². The van der Waals surface area contributed by atoms with Crippen molar-refractivity contribution in [1.82, 2.24) is 14.8 Å². The normalized spacial score (nSPS) is 10.9. The van der Waals surface area contributed by atoms with Gasteiger partial charge < -0.3 is 20.1 Å². The van der Waals surface area contributed by atoms with E-state index in [0.29, 0.717) is 17.1 Å². The Morgan fingerprint density at radius 2 is 1.97 bits per heavy atom. The summed E-state index contributed by atoms with van der Waals surface area (Å²) in [5.74, 6) is -1.31. The predicted molar refractivity (Wildman–Crippen MR) is 109 cm³/mol. The third-order valence-corrected chi connectivity index (χ3v) is 4.62. The lowest BCUT2D eigenvalue weighted by atomic mass is 10.1. The number of halogens is 1. The van der Waals surface area contributed by atoms with Crippen molar-refractivity contribution in [3.63, 3.8) is 0 Å². The van der Waals surface area contributed by atoms with Gasteiger partial charge in [-0.15, -0.1) is 0 Å². The molecule has 0 unspecified atom stereocenters. The first-order valence-electron chi connectivity index (χ1n) is 8.94. The maximum atomic E-state index is 13.2. The summed E-state index contributed by atoms with van der Waals surface area (Å²) in [5, 5.41) is 17.5. The average Bonchev–Trinajstić information content (AvgIpc) is 3.13. The quantitative estimate of drug-likeness (QED) is 0.481. The monoisotopic (exact) mass is 408 g/mol. The fourth-order valence-electron chi connectivity index (χ4n) is 3.15. The van der Waals surface area contributed by atoms with Gasteiger partial charge in [-0.2, -0.15) is 5.10 Å². The molecular formula is C21H17FN4O4. The number of hydrogen-bond acceptors (Lipinski definition) is 5. The summed E-state index contributed by atoms with van der Waals surface area (Å²) in [6, 6.07) is 10.6. The van der Waals surface area contributed by atoms with Crippen LogP contribution in [0.5, 0.6) is 11.5 Å². The summed E-state index contributed by atoms with van der Waals surface area (Å²) in [5.41, 5.74) is 0.637. The van der Waals surface area contributed by atoms with Gasteiger partial charge in [-0.05, 0) is 48.9 Å². The molecule has 0 radical (unpaired) electrons. The Kier molecular flexibility index (Phi) is 4.71. The van der Waals surface area contributed by atoms with Crippen molar-refractivity contribution in [2.75, 3.05) is 12.4 Å². The van der Waals surface area contributed by atoms with Crippen molar-refractivity contribution < 1.29 is 19.0 Å². The van der Waals surface area contributed by atoms with Crippen LogP contribution in [0.2, 0.25) is 0 Å². The first-order valence-corrected chi connectivity index (χ1v) is 8.94. The average molecular weight is 408 g/mol. The molecule has 0 bridgehead atoms. The predicted octanol–water partition coefficient (Wildman–Crippen LogP) is 3.13. The Morgan fingerprint density at radius 3 is 2.67 bits per heavy atom. The summed E-state index contributed by atoms with van der Waals surface area (Å²) in [6.45, 7) is 1.84. The van der Waals surface area contributed by atoms with Crippen molar-refractivity contribution in [2.24, 2.45) is 0 Å². The zero-order valence-corrected chi connectivity index (χ0v) is 16.1. The second-order valence-electron chi connectivity index (χ2n) is 6.63. The van der Waals surface area contributed by atoms with Crippen LogP contribution >= 0.6 is 0 Å². The number of H-pyrrole nitrogens is 1. The number of aromatic hydroxyl groups is 1. The molecule has 4 rings (SSSR count). The summed E-state index contributed by atoms with van der Waals surface area (Å²) < 4.78 is 19.7. The van der Waals surface area contributed by atoms with E-state index < -0.39 is 28.6 Å². The molecule has 0 fully saturated rings. The minimum atomic E-state index is -0.798. The largest absolute Gasteiger partial charge is 0.506 e. The third kappa shape index (κ3) is 3.26. The highest BCUT2D eigenvalue weighted by Gasteiger charge is 2.22. The van der Waals surface area contributed by atoms with Gasteiger partial charge in [0.25, 0.3) is 11.5 Å². The zero-order chi connectivity index (χ0) is 21.4. The van der Waals surface area contributed by atoms with Crippen LogP contribution in [-0.4, -0.2) is 32.9 Å². The number of carbonyl (C=O) groups excluding carboxylic acids is 1. The number of amides is 1. The highest BCUT2D eigenvalue weighted by molar-refractivity contribution is 6.09. The number of aromatic amines is 1. The van der Waals surface area contributed by atoms with Crippen LogP contribution in [0.3, 0.4) is 0 Å². The number of ether oxygens (including phenoxy) is 1. The first-order chi connectivity index (χ1) is 14.4. The van der Waals surface area contributed by atoms with Crippen LogP contribution in [0.4, 0.5) is 10.1 Å². The number of pyridine rings is 1. The Bertz CT molecular complexity index is 1330. The molecule has 3 N–H and O–H groups in total. The van der Waals surface area contributed by atoms with Crippen molar-refractivity contribution in [3.05, 3.63) is 76.0 Å². The zero-order valence-electron chi connectivity index (χ0n) is 16.1. The Hall–Kier alpha value is -4.14. The van der Waals surface area contributed by atoms with Crippen molar-refractivity contribution in [3.8, 4) is 17.2 Å². The molecule has 2 heterocycles. The summed E-state index contributed by atoms with van der Waals surface area (Å²) >= 11 is 0. The minimum absolute atomic E-state index is 0.167. The van der Waals surface area contributed by atoms with Crippen molar-refractivity contribution >= 4 is 22.6 Å². The van der Waals surface area contributed by atoms with Crippen LogP contribution < -0.4 is 15.6 Å². The lowest BCUT2D eigenvalue weighted by Crippen LogP contribution is -2.24. The molecule has 0 saturated heterocycles. The van der Waals surface area contributed by atoms with Gasteiger partial charge in [-0.3, -0.25) is 9.59 Å². The number of hydrogen-bond donors (Lipinski definition) is 3. The van der Waals surface area contributed by atoms with E-state index >= 15 is 0 Å². The molecule has 30 heavy (non-hydrogen) atoms. The van der Waals surface area contributed by atoms with Gasteiger partial charge in [-0.1, -0.05) is 6.07 Å². The number of aryl methyl sites for hydroxylation is 1. The lowest BCUT2D eigenvalue weighted by molar-refractivity contribution is 0.102. The van der Waals surface area contributed by atoms with E-state index in [2.05, 4.69) is 15.4 Å². The Morgan fingerprint density at radius 1 is 1.23 bits per heavy atom. The maximum Gasteiger partial charge on any atom is 0.266 e. The van der Waals surface area contributed by atoms with Crippen LogP contribution in [0.15, 0.2) is 53.5 Å². The van der Waals surface area contributed by atoms with Gasteiger partial charge in [0.05, 0.1) is 30.1 Å². The smallest absolute Gasteiger partial charge is 0.266 e. The molecule has 0 atom stereocenters. The molecule has 0 aliphatic heterocycles. The highest BCUT2D eigenvalue weighted by atomic mass is 19.1. The maximum absolute atomic E-state index is 13.2. The summed E-state index contributed by atoms with van der Waals surface area (Å²) in [7, 11) is 1.46. The molecule has 9 heteroatoms. The first kappa shape index (κ1) is 19.2. The number of benzene rings is 2. The van der Waals surface area contributed by atoms with Gasteiger partial charge in [0.1, 0.15) is 28.5 Å². The molecule has 0 spiro atoms. The topological polar surface area (TPSA) is 109 Å². The second kappa shape index (κ2) is 7.36. The fraction of sp³-hybridized carbons (Fsp3) is 0.0952. The lowest BCUT2D eigenvalue weighted by Gasteiger charge is -2.12.